The van der Waals surface area contributed by atoms with E-state index >= 15 is 0 Å². The fraction of sp³-hybridized carbons (Fsp3) is 0.259. The molecule has 11 heteroatoms. The van der Waals surface area contributed by atoms with Crippen molar-refractivity contribution in [3.05, 3.63) is 93.4 Å². The number of primary sulfonamides is 1. The Morgan fingerprint density at radius 1 is 0.921 bits per heavy atom. The monoisotopic (exact) mass is 551 g/mol. The van der Waals surface area contributed by atoms with Crippen LogP contribution in [0.5, 0.6) is 5.75 Å². The standard InChI is InChI=1S/C27H25N3O6S2/c28-38(33,34)20-8-5-18(6-9-20)30-16-17-3-1-2-4-23(17)36-27-24(30)25(31)21-10-7-19(15-22(21)26(27)32)37-29-11-13-35-14-12-29/h1-5,7-8,10,15H,6,9,11-14,16H2,(H2,28,33,34). The van der Waals surface area contributed by atoms with Gasteiger partial charge in [-0.05, 0) is 61.2 Å². The SMILES string of the molecule is NS(=O)(=O)C1=CC=C(N2Cc3ccccc3OC3=C2C(=O)c2ccc(SN4CCOCC4)cc2C3=O)CC1. The second kappa shape index (κ2) is 9.83. The molecule has 0 spiro atoms. The summed E-state index contributed by atoms with van der Waals surface area (Å²) < 4.78 is 37.4. The number of sulfonamides is 1. The molecule has 0 saturated carbocycles. The lowest BCUT2D eigenvalue weighted by molar-refractivity contribution is 0.0773. The van der Waals surface area contributed by atoms with Gasteiger partial charge in [0, 0.05) is 40.4 Å². The van der Waals surface area contributed by atoms with Crippen LogP contribution >= 0.6 is 11.9 Å². The van der Waals surface area contributed by atoms with Crippen molar-refractivity contribution >= 4 is 33.5 Å². The van der Waals surface area contributed by atoms with E-state index in [1.165, 1.54) is 18.0 Å². The molecule has 2 aliphatic carbocycles. The van der Waals surface area contributed by atoms with Crippen LogP contribution in [0, 0.1) is 0 Å². The van der Waals surface area contributed by atoms with Crippen molar-refractivity contribution in [3.8, 4) is 5.75 Å². The van der Waals surface area contributed by atoms with Gasteiger partial charge >= 0.3 is 0 Å². The van der Waals surface area contributed by atoms with Gasteiger partial charge in [-0.1, -0.05) is 18.2 Å². The number of para-hydroxylation sites is 1. The number of ketones is 2. The number of carbonyl (C=O) groups is 2. The summed E-state index contributed by atoms with van der Waals surface area (Å²) in [5, 5.41) is 5.32. The first-order valence-corrected chi connectivity index (χ1v) is 14.6. The number of ether oxygens (including phenoxy) is 2. The first kappa shape index (κ1) is 25.1. The molecule has 0 atom stereocenters. The van der Waals surface area contributed by atoms with Gasteiger partial charge in [-0.25, -0.2) is 17.9 Å². The number of nitrogens with zero attached hydrogens (tertiary/aromatic N) is 2. The molecular formula is C27H25N3O6S2. The van der Waals surface area contributed by atoms with E-state index in [1.54, 1.807) is 29.2 Å². The summed E-state index contributed by atoms with van der Waals surface area (Å²) in [7, 11) is -3.81. The number of nitrogens with two attached hydrogens (primary N) is 1. The van der Waals surface area contributed by atoms with Crippen LogP contribution < -0.4 is 9.88 Å². The lowest BCUT2D eigenvalue weighted by Gasteiger charge is -2.32. The zero-order valence-corrected chi connectivity index (χ0v) is 22.0. The van der Waals surface area contributed by atoms with Gasteiger partial charge < -0.3 is 14.4 Å². The van der Waals surface area contributed by atoms with Crippen LogP contribution in [0.15, 0.2) is 81.6 Å². The van der Waals surface area contributed by atoms with Gasteiger partial charge in [0.15, 0.2) is 0 Å². The predicted octanol–water partition coefficient (Wildman–Crippen LogP) is 3.36. The van der Waals surface area contributed by atoms with Crippen LogP contribution in [0.3, 0.4) is 0 Å². The van der Waals surface area contributed by atoms with E-state index < -0.39 is 10.0 Å². The van der Waals surface area contributed by atoms with Crippen LogP contribution in [-0.2, 0) is 21.3 Å². The second-order valence-corrected chi connectivity index (χ2v) is 12.1. The number of hydrogen-bond donors (Lipinski definition) is 1. The summed E-state index contributed by atoms with van der Waals surface area (Å²) in [6.45, 7) is 3.14. The summed E-state index contributed by atoms with van der Waals surface area (Å²) >= 11 is 1.54. The van der Waals surface area contributed by atoms with E-state index in [4.69, 9.17) is 14.6 Å². The van der Waals surface area contributed by atoms with Crippen molar-refractivity contribution in [1.82, 2.24) is 9.21 Å². The Bertz CT molecular complexity index is 1550. The Morgan fingerprint density at radius 3 is 2.45 bits per heavy atom. The van der Waals surface area contributed by atoms with Gasteiger partial charge in [-0.15, -0.1) is 0 Å². The second-order valence-electron chi connectivity index (χ2n) is 9.31. The summed E-state index contributed by atoms with van der Waals surface area (Å²) in [4.78, 5) is 30.6. The molecule has 196 valence electrons. The van der Waals surface area contributed by atoms with Gasteiger partial charge in [0.1, 0.15) is 11.4 Å². The number of allylic oxidation sites excluding steroid dienone is 6. The molecule has 2 aromatic rings. The van der Waals surface area contributed by atoms with Gasteiger partial charge in [0.25, 0.3) is 0 Å². The highest BCUT2D eigenvalue weighted by Crippen LogP contribution is 2.40. The summed E-state index contributed by atoms with van der Waals surface area (Å²) in [5.41, 5.74) is 2.29. The molecule has 1 saturated heterocycles. The number of carbonyl (C=O) groups excluding carboxylic acids is 2. The van der Waals surface area contributed by atoms with E-state index in [0.717, 1.165) is 23.5 Å². The Kier molecular flexibility index (Phi) is 6.48. The van der Waals surface area contributed by atoms with Crippen molar-refractivity contribution in [2.24, 2.45) is 5.14 Å². The Labute approximate surface area is 224 Å². The van der Waals surface area contributed by atoms with Crippen LogP contribution in [0.25, 0.3) is 0 Å². The number of fused-ring (bicyclic) bond motifs is 2. The van der Waals surface area contributed by atoms with Crippen molar-refractivity contribution < 1.29 is 27.5 Å². The molecule has 0 bridgehead atoms. The van der Waals surface area contributed by atoms with Gasteiger partial charge in [0.05, 0.1) is 24.7 Å². The van der Waals surface area contributed by atoms with Gasteiger partial charge in [-0.2, -0.15) is 0 Å². The molecule has 2 aromatic carbocycles. The average molecular weight is 552 g/mol. The van der Waals surface area contributed by atoms with Crippen LogP contribution in [0.4, 0.5) is 0 Å². The number of Topliss-reactive ketones (excluding diaryl/α,β-unsaturated/α-hetero) is 2. The fourth-order valence-corrected chi connectivity index (χ4v) is 6.53. The van der Waals surface area contributed by atoms with E-state index in [0.29, 0.717) is 48.8 Å². The van der Waals surface area contributed by atoms with Crippen molar-refractivity contribution in [2.45, 2.75) is 24.3 Å². The maximum absolute atomic E-state index is 14.0. The molecule has 4 aliphatic rings. The third-order valence-corrected chi connectivity index (χ3v) is 9.06. The maximum atomic E-state index is 14.0. The average Bonchev–Trinajstić information content (AvgIpc) is 3.09. The first-order chi connectivity index (χ1) is 18.3. The van der Waals surface area contributed by atoms with Gasteiger partial charge in [0.2, 0.25) is 27.3 Å². The minimum Gasteiger partial charge on any atom is -0.450 e. The van der Waals surface area contributed by atoms with E-state index in [-0.39, 0.29) is 34.3 Å². The van der Waals surface area contributed by atoms with Crippen molar-refractivity contribution in [3.63, 3.8) is 0 Å². The van der Waals surface area contributed by atoms with Crippen LogP contribution in [-0.4, -0.2) is 55.5 Å². The molecule has 2 N–H and O–H groups in total. The molecular weight excluding hydrogens is 526 g/mol. The molecule has 6 rings (SSSR count). The Balaban J connectivity index is 1.42. The number of rotatable bonds is 4. The smallest absolute Gasteiger partial charge is 0.234 e. The molecule has 0 radical (unpaired) electrons. The zero-order valence-electron chi connectivity index (χ0n) is 20.4. The fourth-order valence-electron chi connectivity index (χ4n) is 4.96. The summed E-state index contributed by atoms with van der Waals surface area (Å²) in [6, 6.07) is 12.7. The zero-order chi connectivity index (χ0) is 26.4. The highest BCUT2D eigenvalue weighted by molar-refractivity contribution is 7.97. The molecule has 0 amide bonds. The maximum Gasteiger partial charge on any atom is 0.234 e. The molecule has 2 heterocycles. The van der Waals surface area contributed by atoms with Crippen molar-refractivity contribution in [2.75, 3.05) is 26.3 Å². The quantitative estimate of drug-likeness (QED) is 0.571. The van der Waals surface area contributed by atoms with Gasteiger partial charge in [-0.3, -0.25) is 9.59 Å². The van der Waals surface area contributed by atoms with Crippen LogP contribution in [0.2, 0.25) is 0 Å². The number of morpholine rings is 1. The third kappa shape index (κ3) is 4.61. The lowest BCUT2D eigenvalue weighted by atomic mass is 9.90. The first-order valence-electron chi connectivity index (χ1n) is 12.2. The van der Waals surface area contributed by atoms with E-state index in [9.17, 15) is 18.0 Å². The van der Waals surface area contributed by atoms with Crippen LogP contribution in [0.1, 0.15) is 39.1 Å². The summed E-state index contributed by atoms with van der Waals surface area (Å²) in [5.74, 6) is -0.198. The highest BCUT2D eigenvalue weighted by Gasteiger charge is 2.40. The minimum absolute atomic E-state index is 0.0249. The minimum atomic E-state index is -3.81. The predicted molar refractivity (Wildman–Crippen MR) is 141 cm³/mol. The molecule has 1 fully saturated rings. The molecule has 9 nitrogen and oxygen atoms in total. The normalized spacial score (nSPS) is 20.1. The highest BCUT2D eigenvalue weighted by atomic mass is 32.2. The molecule has 0 aromatic heterocycles. The molecule has 2 aliphatic heterocycles. The summed E-state index contributed by atoms with van der Waals surface area (Å²) in [6.07, 6.45) is 3.65. The molecule has 38 heavy (non-hydrogen) atoms. The third-order valence-electron chi connectivity index (χ3n) is 6.91. The number of hydrogen-bond acceptors (Lipinski definition) is 9. The number of benzene rings is 2. The Hall–Kier alpha value is -3.22. The largest absolute Gasteiger partial charge is 0.450 e. The lowest BCUT2D eigenvalue weighted by Crippen LogP contribution is -2.34. The topological polar surface area (TPSA) is 119 Å². The van der Waals surface area contributed by atoms with E-state index in [1.807, 2.05) is 24.3 Å². The van der Waals surface area contributed by atoms with E-state index in [2.05, 4.69) is 4.31 Å². The molecule has 0 unspecified atom stereocenters. The Morgan fingerprint density at radius 2 is 1.71 bits per heavy atom. The van der Waals surface area contributed by atoms with Crippen molar-refractivity contribution in [1.29, 1.82) is 0 Å².